The maximum Gasteiger partial charge on any atom is 0.262 e. The monoisotopic (exact) mass is 520 g/mol. The molecular weight excluding hydrogens is 495 g/mol. The lowest BCUT2D eigenvalue weighted by Crippen LogP contribution is -2.21. The van der Waals surface area contributed by atoms with Crippen molar-refractivity contribution in [1.29, 1.82) is 0 Å². The van der Waals surface area contributed by atoms with E-state index in [-0.39, 0.29) is 22.4 Å². The van der Waals surface area contributed by atoms with Crippen LogP contribution in [0.15, 0.2) is 59.5 Å². The van der Waals surface area contributed by atoms with Crippen LogP contribution in [0.3, 0.4) is 0 Å². The highest BCUT2D eigenvalue weighted by molar-refractivity contribution is 7.92. The van der Waals surface area contributed by atoms with E-state index in [1.54, 1.807) is 24.3 Å². The molecule has 1 N–H and O–H groups in total. The minimum absolute atomic E-state index is 0.0275. The minimum atomic E-state index is -4.11. The number of likely N-dealkylation sites (N-methyl/N-ethyl adjacent to an activating group) is 1. The summed E-state index contributed by atoms with van der Waals surface area (Å²) in [7, 11) is 0.773. The fraction of sp³-hybridized carbons (Fsp3) is 0.280. The summed E-state index contributed by atoms with van der Waals surface area (Å²) < 4.78 is 59.9. The van der Waals surface area contributed by atoms with Gasteiger partial charge < -0.3 is 19.1 Å². The van der Waals surface area contributed by atoms with Gasteiger partial charge in [0.05, 0.1) is 29.8 Å². The minimum Gasteiger partial charge on any atom is -0.493 e. The number of likely N-dealkylation sites (tertiary alicyclic amines) is 1. The fourth-order valence-corrected chi connectivity index (χ4v) is 5.41. The van der Waals surface area contributed by atoms with Crippen molar-refractivity contribution in [2.75, 3.05) is 39.1 Å². The zero-order valence-electron chi connectivity index (χ0n) is 19.5. The molecule has 0 radical (unpaired) electrons. The molecule has 7 nitrogen and oxygen atoms in total. The lowest BCUT2D eigenvalue weighted by atomic mass is 10.0. The molecule has 1 saturated heterocycles. The standard InChI is InChI=1S/C25H26ClFN2O5S/c1-29-11-10-19(15-29)34-22-12-18(8-9-21(22)26)28-35(30,31)25-14-24(33-3)23(32-2)13-20(25)16-4-6-17(27)7-5-16/h4-9,12-14,19,28H,10-11,15H2,1-3H3. The Morgan fingerprint density at radius 3 is 2.31 bits per heavy atom. The Hall–Kier alpha value is -3.01. The number of nitrogens with zero attached hydrogens (tertiary/aromatic N) is 1. The van der Waals surface area contributed by atoms with Gasteiger partial charge in [-0.1, -0.05) is 23.7 Å². The van der Waals surface area contributed by atoms with Gasteiger partial charge in [-0.2, -0.15) is 0 Å². The van der Waals surface area contributed by atoms with Gasteiger partial charge in [0.1, 0.15) is 17.7 Å². The van der Waals surface area contributed by atoms with Crippen LogP contribution in [0.2, 0.25) is 5.02 Å². The van der Waals surface area contributed by atoms with E-state index in [0.717, 1.165) is 19.5 Å². The van der Waals surface area contributed by atoms with E-state index in [9.17, 15) is 12.8 Å². The third kappa shape index (κ3) is 5.63. The molecule has 0 saturated carbocycles. The zero-order chi connectivity index (χ0) is 25.2. The summed E-state index contributed by atoms with van der Waals surface area (Å²) in [5.74, 6) is 0.552. The van der Waals surface area contributed by atoms with Crippen molar-refractivity contribution in [1.82, 2.24) is 4.90 Å². The number of hydrogen-bond donors (Lipinski definition) is 1. The zero-order valence-corrected chi connectivity index (χ0v) is 21.1. The van der Waals surface area contributed by atoms with Crippen LogP contribution in [0, 0.1) is 5.82 Å². The fourth-order valence-electron chi connectivity index (χ4n) is 3.98. The van der Waals surface area contributed by atoms with Crippen LogP contribution in [0.1, 0.15) is 6.42 Å². The Balaban J connectivity index is 1.71. The topological polar surface area (TPSA) is 77.1 Å². The van der Waals surface area contributed by atoms with Gasteiger partial charge in [-0.05, 0) is 49.4 Å². The molecule has 3 aromatic rings. The van der Waals surface area contributed by atoms with Gasteiger partial charge in [-0.25, -0.2) is 12.8 Å². The Bertz CT molecular complexity index is 1320. The van der Waals surface area contributed by atoms with Crippen molar-refractivity contribution >= 4 is 27.3 Å². The van der Waals surface area contributed by atoms with Crippen LogP contribution in [0.5, 0.6) is 17.2 Å². The number of hydrogen-bond acceptors (Lipinski definition) is 6. The van der Waals surface area contributed by atoms with Crippen LogP contribution in [0.25, 0.3) is 11.1 Å². The second-order valence-corrected chi connectivity index (χ2v) is 10.3. The van der Waals surface area contributed by atoms with Gasteiger partial charge in [-0.15, -0.1) is 0 Å². The quantitative estimate of drug-likeness (QED) is 0.448. The summed E-state index contributed by atoms with van der Waals surface area (Å²) in [5, 5.41) is 0.389. The number of benzene rings is 3. The number of halogens is 2. The molecule has 3 aromatic carbocycles. The summed E-state index contributed by atoms with van der Waals surface area (Å²) in [4.78, 5) is 2.09. The molecule has 186 valence electrons. The van der Waals surface area contributed by atoms with E-state index in [1.165, 1.54) is 44.6 Å². The summed E-state index contributed by atoms with van der Waals surface area (Å²) in [6.07, 6.45) is 0.829. The number of anilines is 1. The van der Waals surface area contributed by atoms with Gasteiger partial charge in [0.15, 0.2) is 11.5 Å². The Kier molecular flexibility index (Phi) is 7.39. The highest BCUT2D eigenvalue weighted by Crippen LogP contribution is 2.39. The number of nitrogens with one attached hydrogen (secondary N) is 1. The Morgan fingerprint density at radius 1 is 1.00 bits per heavy atom. The maximum absolute atomic E-state index is 13.6. The van der Waals surface area contributed by atoms with E-state index in [0.29, 0.717) is 27.6 Å². The predicted octanol–water partition coefficient (Wildman–Crippen LogP) is 5.05. The summed E-state index contributed by atoms with van der Waals surface area (Å²) in [5.41, 5.74) is 1.11. The van der Waals surface area contributed by atoms with Crippen LogP contribution < -0.4 is 18.9 Å². The van der Waals surface area contributed by atoms with Crippen molar-refractivity contribution in [3.63, 3.8) is 0 Å². The Morgan fingerprint density at radius 2 is 1.69 bits per heavy atom. The van der Waals surface area contributed by atoms with Crippen molar-refractivity contribution in [3.05, 3.63) is 65.4 Å². The summed E-state index contributed by atoms with van der Waals surface area (Å²) in [6, 6.07) is 13.2. The normalized spacial score (nSPS) is 16.2. The first kappa shape index (κ1) is 25.1. The van der Waals surface area contributed by atoms with Crippen LogP contribution >= 0.6 is 11.6 Å². The molecule has 0 aliphatic carbocycles. The average molecular weight is 521 g/mol. The molecule has 1 aliphatic heterocycles. The lowest BCUT2D eigenvalue weighted by molar-refractivity contribution is 0.208. The molecule has 0 aromatic heterocycles. The maximum atomic E-state index is 13.6. The van der Waals surface area contributed by atoms with Crippen LogP contribution in [0.4, 0.5) is 10.1 Å². The number of methoxy groups -OCH3 is 2. The van der Waals surface area contributed by atoms with E-state index < -0.39 is 15.8 Å². The Labute approximate surface area is 209 Å². The number of rotatable bonds is 8. The molecule has 0 amide bonds. The van der Waals surface area contributed by atoms with E-state index in [4.69, 9.17) is 25.8 Å². The number of sulfonamides is 1. The predicted molar refractivity (Wildman–Crippen MR) is 134 cm³/mol. The first-order valence-electron chi connectivity index (χ1n) is 10.9. The van der Waals surface area contributed by atoms with E-state index in [1.807, 2.05) is 7.05 Å². The first-order valence-corrected chi connectivity index (χ1v) is 12.8. The smallest absolute Gasteiger partial charge is 0.262 e. The molecular formula is C25H26ClFN2O5S. The molecule has 4 rings (SSSR count). The molecule has 1 heterocycles. The SMILES string of the molecule is COc1cc(-c2ccc(F)cc2)c(S(=O)(=O)Nc2ccc(Cl)c(OC3CCN(C)C3)c2)cc1OC. The molecule has 0 spiro atoms. The average Bonchev–Trinajstić information content (AvgIpc) is 3.25. The third-order valence-corrected chi connectivity index (χ3v) is 7.49. The highest BCUT2D eigenvalue weighted by atomic mass is 35.5. The first-order chi connectivity index (χ1) is 16.7. The molecule has 10 heteroatoms. The molecule has 1 aliphatic rings. The molecule has 1 unspecified atom stereocenters. The molecule has 1 atom stereocenters. The van der Waals surface area contributed by atoms with Gasteiger partial charge >= 0.3 is 0 Å². The van der Waals surface area contributed by atoms with E-state index in [2.05, 4.69) is 9.62 Å². The second kappa shape index (κ2) is 10.3. The molecule has 35 heavy (non-hydrogen) atoms. The van der Waals surface area contributed by atoms with Gasteiger partial charge in [0.25, 0.3) is 10.0 Å². The third-order valence-electron chi connectivity index (χ3n) is 5.76. The summed E-state index contributed by atoms with van der Waals surface area (Å²) in [6.45, 7) is 1.68. The highest BCUT2D eigenvalue weighted by Gasteiger charge is 2.25. The van der Waals surface area contributed by atoms with Crippen molar-refractivity contribution in [3.8, 4) is 28.4 Å². The summed E-state index contributed by atoms with van der Waals surface area (Å²) >= 11 is 6.31. The second-order valence-electron chi connectivity index (χ2n) is 8.25. The van der Waals surface area contributed by atoms with Crippen molar-refractivity contribution in [2.24, 2.45) is 0 Å². The van der Waals surface area contributed by atoms with Gasteiger partial charge in [0, 0.05) is 30.8 Å². The van der Waals surface area contributed by atoms with Crippen LogP contribution in [-0.4, -0.2) is 53.8 Å². The van der Waals surface area contributed by atoms with Gasteiger partial charge in [-0.3, -0.25) is 4.72 Å². The van der Waals surface area contributed by atoms with Crippen molar-refractivity contribution in [2.45, 2.75) is 17.4 Å². The molecule has 0 bridgehead atoms. The lowest BCUT2D eigenvalue weighted by Gasteiger charge is -2.18. The van der Waals surface area contributed by atoms with E-state index >= 15 is 0 Å². The van der Waals surface area contributed by atoms with Gasteiger partial charge in [0.2, 0.25) is 0 Å². The van der Waals surface area contributed by atoms with Crippen molar-refractivity contribution < 1.29 is 27.0 Å². The molecule has 1 fully saturated rings. The largest absolute Gasteiger partial charge is 0.493 e. The van der Waals surface area contributed by atoms with Crippen LogP contribution in [-0.2, 0) is 10.0 Å². The number of ether oxygens (including phenoxy) is 3.